The number of nitro groups is 1. The van der Waals surface area contributed by atoms with Crippen molar-refractivity contribution in [1.82, 2.24) is 10.3 Å². The maximum absolute atomic E-state index is 11.9. The van der Waals surface area contributed by atoms with Crippen molar-refractivity contribution in [2.45, 2.75) is 10.8 Å². The maximum Gasteiger partial charge on any atom is 0.270 e. The van der Waals surface area contributed by atoms with Crippen LogP contribution in [0.15, 0.2) is 52.9 Å². The molecule has 3 rings (SSSR count). The number of hydrogen-bond donors (Lipinski definition) is 1. The molecule has 0 aliphatic carbocycles. The van der Waals surface area contributed by atoms with E-state index in [1.807, 2.05) is 30.3 Å². The highest BCUT2D eigenvalue weighted by atomic mass is 32.2. The van der Waals surface area contributed by atoms with E-state index in [0.717, 1.165) is 15.5 Å². The van der Waals surface area contributed by atoms with Crippen LogP contribution in [0.2, 0.25) is 0 Å². The van der Waals surface area contributed by atoms with Gasteiger partial charge in [-0.2, -0.15) is 0 Å². The van der Waals surface area contributed by atoms with Gasteiger partial charge in [-0.25, -0.2) is 4.98 Å². The lowest BCUT2D eigenvalue weighted by molar-refractivity contribution is -0.384. The minimum atomic E-state index is -0.424. The van der Waals surface area contributed by atoms with Crippen molar-refractivity contribution in [2.24, 2.45) is 0 Å². The molecule has 0 bridgehead atoms. The van der Waals surface area contributed by atoms with Gasteiger partial charge in [-0.1, -0.05) is 42.1 Å². The van der Waals surface area contributed by atoms with E-state index < -0.39 is 4.92 Å². The number of rotatable bonds is 7. The molecule has 0 unspecified atom stereocenters. The van der Waals surface area contributed by atoms with Gasteiger partial charge in [0.05, 0.1) is 20.9 Å². The van der Waals surface area contributed by atoms with Crippen molar-refractivity contribution in [3.63, 3.8) is 0 Å². The first-order valence-corrected chi connectivity index (χ1v) is 9.40. The van der Waals surface area contributed by atoms with Crippen LogP contribution in [0, 0.1) is 10.1 Å². The zero-order valence-corrected chi connectivity index (χ0v) is 14.8. The van der Waals surface area contributed by atoms with Crippen LogP contribution in [-0.2, 0) is 11.2 Å². The van der Waals surface area contributed by atoms with E-state index in [0.29, 0.717) is 12.1 Å². The summed E-state index contributed by atoms with van der Waals surface area (Å²) in [6, 6.07) is 14.6. The Morgan fingerprint density at radius 3 is 2.80 bits per heavy atom. The van der Waals surface area contributed by atoms with Crippen LogP contribution in [0.5, 0.6) is 0 Å². The van der Waals surface area contributed by atoms with Gasteiger partial charge in [-0.15, -0.1) is 11.3 Å². The molecule has 1 heterocycles. The largest absolute Gasteiger partial charge is 0.355 e. The van der Waals surface area contributed by atoms with Gasteiger partial charge in [0.2, 0.25) is 5.91 Å². The van der Waals surface area contributed by atoms with E-state index in [1.165, 1.54) is 40.8 Å². The van der Waals surface area contributed by atoms with Gasteiger partial charge in [0.1, 0.15) is 0 Å². The number of fused-ring (bicyclic) bond motifs is 1. The lowest BCUT2D eigenvalue weighted by Crippen LogP contribution is -2.27. The molecular formula is C17H15N3O3S2. The molecule has 1 N–H and O–H groups in total. The number of carbonyl (C=O) groups excluding carboxylic acids is 1. The van der Waals surface area contributed by atoms with Gasteiger partial charge in [-0.05, 0) is 18.1 Å². The Balaban J connectivity index is 1.50. The normalized spacial score (nSPS) is 10.7. The Bertz CT molecular complexity index is 897. The number of thiazole rings is 1. The SMILES string of the molecule is O=C(CSc1nc2ccc([N+](=O)[O-])cc2s1)NCCc1ccccc1. The summed E-state index contributed by atoms with van der Waals surface area (Å²) < 4.78 is 1.48. The van der Waals surface area contributed by atoms with E-state index in [-0.39, 0.29) is 17.3 Å². The highest BCUT2D eigenvalue weighted by Gasteiger charge is 2.11. The van der Waals surface area contributed by atoms with Crippen LogP contribution in [0.3, 0.4) is 0 Å². The predicted octanol–water partition coefficient (Wildman–Crippen LogP) is 3.66. The molecule has 8 heteroatoms. The van der Waals surface area contributed by atoms with Gasteiger partial charge in [0.15, 0.2) is 4.34 Å². The summed E-state index contributed by atoms with van der Waals surface area (Å²) in [4.78, 5) is 26.7. The second kappa shape index (κ2) is 8.09. The summed E-state index contributed by atoms with van der Waals surface area (Å²) in [7, 11) is 0. The van der Waals surface area contributed by atoms with Gasteiger partial charge in [0.25, 0.3) is 5.69 Å². The first kappa shape index (κ1) is 17.4. The van der Waals surface area contributed by atoms with Gasteiger partial charge in [-0.3, -0.25) is 14.9 Å². The molecule has 2 aromatic carbocycles. The Morgan fingerprint density at radius 1 is 1.24 bits per heavy atom. The molecule has 0 aliphatic rings. The second-order valence-electron chi connectivity index (χ2n) is 5.26. The molecule has 3 aromatic rings. The van der Waals surface area contributed by atoms with Crippen LogP contribution >= 0.6 is 23.1 Å². The Hall–Kier alpha value is -2.45. The number of aromatic nitrogens is 1. The fourth-order valence-corrected chi connectivity index (χ4v) is 4.17. The number of amides is 1. The smallest absolute Gasteiger partial charge is 0.270 e. The number of benzene rings is 2. The van der Waals surface area contributed by atoms with Crippen LogP contribution in [-0.4, -0.2) is 28.1 Å². The Labute approximate surface area is 152 Å². The summed E-state index contributed by atoms with van der Waals surface area (Å²) >= 11 is 2.70. The molecule has 0 spiro atoms. The second-order valence-corrected chi connectivity index (χ2v) is 7.52. The number of nitrogens with one attached hydrogen (secondary N) is 1. The van der Waals surface area contributed by atoms with E-state index in [2.05, 4.69) is 10.3 Å². The van der Waals surface area contributed by atoms with Crippen molar-refractivity contribution in [1.29, 1.82) is 0 Å². The molecule has 6 nitrogen and oxygen atoms in total. The molecule has 0 saturated carbocycles. The number of non-ortho nitro benzene ring substituents is 1. The molecule has 1 amide bonds. The van der Waals surface area contributed by atoms with Crippen molar-refractivity contribution in [3.05, 3.63) is 64.2 Å². The summed E-state index contributed by atoms with van der Waals surface area (Å²) in [5, 5.41) is 13.7. The third kappa shape index (κ3) is 4.77. The first-order chi connectivity index (χ1) is 12.1. The third-order valence-electron chi connectivity index (χ3n) is 3.47. The van der Waals surface area contributed by atoms with E-state index >= 15 is 0 Å². The van der Waals surface area contributed by atoms with Crippen LogP contribution in [0.4, 0.5) is 5.69 Å². The molecule has 0 saturated heterocycles. The zero-order chi connectivity index (χ0) is 17.6. The van der Waals surface area contributed by atoms with E-state index in [4.69, 9.17) is 0 Å². The summed E-state index contributed by atoms with van der Waals surface area (Å²) in [6.45, 7) is 0.593. The number of nitro benzene ring substituents is 1. The summed E-state index contributed by atoms with van der Waals surface area (Å²) in [5.74, 6) is 0.225. The predicted molar refractivity (Wildman–Crippen MR) is 100 cm³/mol. The molecule has 0 aliphatic heterocycles. The van der Waals surface area contributed by atoms with Crippen molar-refractivity contribution in [2.75, 3.05) is 12.3 Å². The quantitative estimate of drug-likeness (QED) is 0.388. The summed E-state index contributed by atoms with van der Waals surface area (Å²) in [5.41, 5.74) is 1.94. The Morgan fingerprint density at radius 2 is 2.04 bits per heavy atom. The zero-order valence-electron chi connectivity index (χ0n) is 13.2. The highest BCUT2D eigenvalue weighted by molar-refractivity contribution is 8.01. The van der Waals surface area contributed by atoms with Crippen molar-refractivity contribution >= 4 is 44.9 Å². The van der Waals surface area contributed by atoms with Crippen LogP contribution in [0.25, 0.3) is 10.2 Å². The lowest BCUT2D eigenvalue weighted by Gasteiger charge is -2.04. The molecule has 25 heavy (non-hydrogen) atoms. The monoisotopic (exact) mass is 373 g/mol. The summed E-state index contributed by atoms with van der Waals surface area (Å²) in [6.07, 6.45) is 0.794. The molecule has 128 valence electrons. The van der Waals surface area contributed by atoms with Gasteiger partial charge < -0.3 is 5.32 Å². The lowest BCUT2D eigenvalue weighted by atomic mass is 10.1. The Kier molecular flexibility index (Phi) is 5.62. The average molecular weight is 373 g/mol. The standard InChI is InChI=1S/C17H15N3O3S2/c21-16(18-9-8-12-4-2-1-3-5-12)11-24-17-19-14-7-6-13(20(22)23)10-15(14)25-17/h1-7,10H,8-9,11H2,(H,18,21). The molecular weight excluding hydrogens is 358 g/mol. The van der Waals surface area contributed by atoms with E-state index in [1.54, 1.807) is 6.07 Å². The molecule has 0 atom stereocenters. The number of hydrogen-bond acceptors (Lipinski definition) is 6. The molecule has 0 radical (unpaired) electrons. The number of carbonyl (C=O) groups is 1. The fourth-order valence-electron chi connectivity index (χ4n) is 2.24. The molecule has 1 aromatic heterocycles. The van der Waals surface area contributed by atoms with Gasteiger partial charge >= 0.3 is 0 Å². The average Bonchev–Trinajstić information content (AvgIpc) is 3.03. The van der Waals surface area contributed by atoms with Gasteiger partial charge in [0, 0.05) is 18.7 Å². The minimum absolute atomic E-state index is 0.0476. The van der Waals surface area contributed by atoms with Crippen LogP contribution in [0.1, 0.15) is 5.56 Å². The third-order valence-corrected chi connectivity index (χ3v) is 5.63. The highest BCUT2D eigenvalue weighted by Crippen LogP contribution is 2.31. The number of nitrogens with zero attached hydrogens (tertiary/aromatic N) is 2. The fraction of sp³-hybridized carbons (Fsp3) is 0.176. The van der Waals surface area contributed by atoms with Crippen molar-refractivity contribution < 1.29 is 9.72 Å². The minimum Gasteiger partial charge on any atom is -0.355 e. The van der Waals surface area contributed by atoms with Crippen LogP contribution < -0.4 is 5.32 Å². The van der Waals surface area contributed by atoms with Crippen molar-refractivity contribution in [3.8, 4) is 0 Å². The topological polar surface area (TPSA) is 85.1 Å². The first-order valence-electron chi connectivity index (χ1n) is 7.60. The molecule has 0 fully saturated rings. The number of thioether (sulfide) groups is 1. The van der Waals surface area contributed by atoms with E-state index in [9.17, 15) is 14.9 Å². The maximum atomic E-state index is 11.9.